The first-order valence-electron chi connectivity index (χ1n) is 6.55. The van der Waals surface area contributed by atoms with E-state index < -0.39 is 6.10 Å². The lowest BCUT2D eigenvalue weighted by Gasteiger charge is -2.17. The molecule has 0 amide bonds. The summed E-state index contributed by atoms with van der Waals surface area (Å²) in [5.41, 5.74) is 0. The zero-order valence-electron chi connectivity index (χ0n) is 11.7. The minimum atomic E-state index is -0.433. The highest BCUT2D eigenvalue weighted by molar-refractivity contribution is 5.39. The second-order valence-corrected chi connectivity index (χ2v) is 5.21. The molecule has 0 saturated heterocycles. The molecule has 0 radical (unpaired) electrons. The minimum absolute atomic E-state index is 0.107. The zero-order chi connectivity index (χ0) is 13.5. The van der Waals surface area contributed by atoms with Gasteiger partial charge in [0.05, 0.1) is 12.2 Å². The Morgan fingerprint density at radius 3 is 2.22 bits per heavy atom. The Morgan fingerprint density at radius 1 is 1.06 bits per heavy atom. The van der Waals surface area contributed by atoms with Crippen LogP contribution >= 0.6 is 0 Å². The van der Waals surface area contributed by atoms with Gasteiger partial charge in [0.25, 0.3) is 0 Å². The van der Waals surface area contributed by atoms with Crippen LogP contribution in [0.3, 0.4) is 0 Å². The van der Waals surface area contributed by atoms with E-state index in [2.05, 4.69) is 13.8 Å². The molecule has 3 heteroatoms. The molecule has 102 valence electrons. The average Bonchev–Trinajstić information content (AvgIpc) is 2.26. The fourth-order valence-electron chi connectivity index (χ4n) is 1.72. The van der Waals surface area contributed by atoms with Crippen molar-refractivity contribution >= 4 is 0 Å². The predicted octanol–water partition coefficient (Wildman–Crippen LogP) is 3.26. The Morgan fingerprint density at radius 2 is 1.67 bits per heavy atom. The minimum Gasteiger partial charge on any atom is -0.487 e. The molecule has 18 heavy (non-hydrogen) atoms. The van der Waals surface area contributed by atoms with Gasteiger partial charge in [-0.1, -0.05) is 26.0 Å². The van der Waals surface area contributed by atoms with Gasteiger partial charge in [-0.2, -0.15) is 0 Å². The van der Waals surface area contributed by atoms with Crippen LogP contribution in [0, 0.1) is 5.92 Å². The molecule has 1 rings (SSSR count). The highest BCUT2D eigenvalue weighted by atomic mass is 16.5. The van der Waals surface area contributed by atoms with E-state index in [1.165, 1.54) is 0 Å². The topological polar surface area (TPSA) is 38.7 Å². The van der Waals surface area contributed by atoms with Gasteiger partial charge in [0.1, 0.15) is 6.61 Å². The molecule has 0 aliphatic heterocycles. The summed E-state index contributed by atoms with van der Waals surface area (Å²) in [4.78, 5) is 0. The fourth-order valence-corrected chi connectivity index (χ4v) is 1.72. The van der Waals surface area contributed by atoms with Gasteiger partial charge >= 0.3 is 0 Å². The predicted molar refractivity (Wildman–Crippen MR) is 73.2 cm³/mol. The van der Waals surface area contributed by atoms with Gasteiger partial charge in [-0.25, -0.2) is 0 Å². The average molecular weight is 252 g/mol. The van der Waals surface area contributed by atoms with Gasteiger partial charge in [0, 0.05) is 0 Å². The number of ether oxygens (including phenoxy) is 2. The van der Waals surface area contributed by atoms with Crippen molar-refractivity contribution in [1.29, 1.82) is 0 Å². The summed E-state index contributed by atoms with van der Waals surface area (Å²) >= 11 is 0. The molecule has 1 atom stereocenters. The van der Waals surface area contributed by atoms with Crippen molar-refractivity contribution in [1.82, 2.24) is 0 Å². The molecule has 0 saturated carbocycles. The van der Waals surface area contributed by atoms with Crippen molar-refractivity contribution in [2.24, 2.45) is 5.92 Å². The van der Waals surface area contributed by atoms with Gasteiger partial charge in [0.15, 0.2) is 11.5 Å². The summed E-state index contributed by atoms with van der Waals surface area (Å²) in [6, 6.07) is 7.55. The molecule has 3 nitrogen and oxygen atoms in total. The van der Waals surface area contributed by atoms with Crippen molar-refractivity contribution in [3.63, 3.8) is 0 Å². The standard InChI is InChI=1S/C15H24O3/c1-11(2)9-13(16)10-17-14-7-5-6-8-15(14)18-12(3)4/h5-8,11-13,16H,9-10H2,1-4H3. The first-order chi connectivity index (χ1) is 8.49. The molecule has 1 aromatic rings. The smallest absolute Gasteiger partial charge is 0.161 e. The van der Waals surface area contributed by atoms with E-state index in [9.17, 15) is 5.11 Å². The monoisotopic (exact) mass is 252 g/mol. The molecule has 0 aliphatic rings. The molecule has 1 unspecified atom stereocenters. The Balaban J connectivity index is 2.55. The molecule has 0 aliphatic carbocycles. The van der Waals surface area contributed by atoms with Gasteiger partial charge in [-0.3, -0.25) is 0 Å². The second kappa shape index (κ2) is 7.27. The van der Waals surface area contributed by atoms with Crippen LogP contribution in [0.5, 0.6) is 11.5 Å². The van der Waals surface area contributed by atoms with Crippen LogP contribution in [0.15, 0.2) is 24.3 Å². The van der Waals surface area contributed by atoms with E-state index in [-0.39, 0.29) is 6.10 Å². The number of rotatable bonds is 7. The lowest BCUT2D eigenvalue weighted by molar-refractivity contribution is 0.0865. The Labute approximate surface area is 110 Å². The van der Waals surface area contributed by atoms with Crippen LogP contribution in [0.4, 0.5) is 0 Å². The van der Waals surface area contributed by atoms with E-state index in [1.807, 2.05) is 38.1 Å². The lowest BCUT2D eigenvalue weighted by atomic mass is 10.1. The summed E-state index contributed by atoms with van der Waals surface area (Å²) in [6.07, 6.45) is 0.417. The maximum Gasteiger partial charge on any atom is 0.161 e. The van der Waals surface area contributed by atoms with Crippen LogP contribution in [-0.2, 0) is 0 Å². The van der Waals surface area contributed by atoms with Gasteiger partial charge in [-0.05, 0) is 38.3 Å². The van der Waals surface area contributed by atoms with E-state index in [4.69, 9.17) is 9.47 Å². The highest BCUT2D eigenvalue weighted by Crippen LogP contribution is 2.27. The maximum atomic E-state index is 9.79. The first-order valence-corrected chi connectivity index (χ1v) is 6.55. The van der Waals surface area contributed by atoms with Crippen LogP contribution in [0.25, 0.3) is 0 Å². The summed E-state index contributed by atoms with van der Waals surface area (Å²) in [7, 11) is 0. The molecule has 0 bridgehead atoms. The van der Waals surface area contributed by atoms with Crippen LogP contribution in [0.2, 0.25) is 0 Å². The molecular weight excluding hydrogens is 228 g/mol. The zero-order valence-corrected chi connectivity index (χ0v) is 11.7. The normalized spacial score (nSPS) is 12.8. The summed E-state index contributed by atoms with van der Waals surface area (Å²) < 4.78 is 11.3. The van der Waals surface area contributed by atoms with Crippen LogP contribution in [-0.4, -0.2) is 23.9 Å². The van der Waals surface area contributed by atoms with E-state index >= 15 is 0 Å². The van der Waals surface area contributed by atoms with E-state index in [0.717, 1.165) is 12.2 Å². The molecule has 0 spiro atoms. The third-order valence-electron chi connectivity index (χ3n) is 2.39. The first kappa shape index (κ1) is 14.8. The summed E-state index contributed by atoms with van der Waals surface area (Å²) in [6.45, 7) is 8.42. The number of aliphatic hydroxyl groups excluding tert-OH is 1. The van der Waals surface area contributed by atoms with Crippen molar-refractivity contribution in [3.8, 4) is 11.5 Å². The van der Waals surface area contributed by atoms with Crippen LogP contribution < -0.4 is 9.47 Å². The quantitative estimate of drug-likeness (QED) is 0.809. The Bertz CT molecular complexity index is 347. The maximum absolute atomic E-state index is 9.79. The largest absolute Gasteiger partial charge is 0.487 e. The molecule has 1 aromatic carbocycles. The number of para-hydroxylation sites is 2. The molecular formula is C15H24O3. The summed E-state index contributed by atoms with van der Waals surface area (Å²) in [5.74, 6) is 1.88. The van der Waals surface area contributed by atoms with Crippen molar-refractivity contribution in [2.75, 3.05) is 6.61 Å². The lowest BCUT2D eigenvalue weighted by Crippen LogP contribution is -2.20. The third-order valence-corrected chi connectivity index (χ3v) is 2.39. The molecule has 1 N–H and O–H groups in total. The van der Waals surface area contributed by atoms with E-state index in [0.29, 0.717) is 18.3 Å². The Kier molecular flexibility index (Phi) is 5.99. The molecule has 0 fully saturated rings. The van der Waals surface area contributed by atoms with Crippen molar-refractivity contribution < 1.29 is 14.6 Å². The van der Waals surface area contributed by atoms with Gasteiger partial charge in [0.2, 0.25) is 0 Å². The van der Waals surface area contributed by atoms with Gasteiger partial charge < -0.3 is 14.6 Å². The second-order valence-electron chi connectivity index (χ2n) is 5.21. The fraction of sp³-hybridized carbons (Fsp3) is 0.600. The Hall–Kier alpha value is -1.22. The number of hydrogen-bond acceptors (Lipinski definition) is 3. The van der Waals surface area contributed by atoms with Crippen LogP contribution in [0.1, 0.15) is 34.1 Å². The number of aliphatic hydroxyl groups is 1. The molecule has 0 heterocycles. The van der Waals surface area contributed by atoms with Gasteiger partial charge in [-0.15, -0.1) is 0 Å². The number of benzene rings is 1. The number of hydrogen-bond donors (Lipinski definition) is 1. The summed E-state index contributed by atoms with van der Waals surface area (Å²) in [5, 5.41) is 9.79. The highest BCUT2D eigenvalue weighted by Gasteiger charge is 2.10. The molecule has 0 aromatic heterocycles. The third kappa shape index (κ3) is 5.41. The van der Waals surface area contributed by atoms with Crippen molar-refractivity contribution in [2.45, 2.75) is 46.3 Å². The van der Waals surface area contributed by atoms with Crippen molar-refractivity contribution in [3.05, 3.63) is 24.3 Å². The SMILES string of the molecule is CC(C)CC(O)COc1ccccc1OC(C)C. The van der Waals surface area contributed by atoms with E-state index in [1.54, 1.807) is 0 Å².